The van der Waals surface area contributed by atoms with E-state index in [0.717, 1.165) is 23.7 Å². The van der Waals surface area contributed by atoms with E-state index in [1.54, 1.807) is 5.57 Å². The third-order valence-electron chi connectivity index (χ3n) is 7.44. The summed E-state index contributed by atoms with van der Waals surface area (Å²) in [5, 5.41) is 0. The van der Waals surface area contributed by atoms with Gasteiger partial charge >= 0.3 is 0 Å². The molecule has 1 fully saturated rings. The van der Waals surface area contributed by atoms with Crippen molar-refractivity contribution in [3.8, 4) is 0 Å². The third-order valence-corrected chi connectivity index (χ3v) is 7.44. The van der Waals surface area contributed by atoms with Crippen LogP contribution in [-0.4, -0.2) is 0 Å². The van der Waals surface area contributed by atoms with Gasteiger partial charge in [0, 0.05) is 0 Å². The van der Waals surface area contributed by atoms with Crippen LogP contribution in [0.25, 0.3) is 0 Å². The van der Waals surface area contributed by atoms with Crippen LogP contribution in [0.4, 0.5) is 0 Å². The van der Waals surface area contributed by atoms with Crippen LogP contribution in [0.5, 0.6) is 0 Å². The van der Waals surface area contributed by atoms with Crippen LogP contribution >= 0.6 is 0 Å². The van der Waals surface area contributed by atoms with Crippen LogP contribution < -0.4 is 0 Å². The molecule has 2 rings (SSSR count). The standard InChI is InChI=1S/C27H48/c1-4-6-7-8-9-10-13-26-14-11-12-15-27(26)22-23(3)16-17-25-20-18-24(5-2)19-21-25/h16-17,20,23-24,26-27H,4-15,18-19,21-22H2,1-3H3/b17-16+. The lowest BCUT2D eigenvalue weighted by atomic mass is 9.73. The molecule has 0 bridgehead atoms. The second-order valence-electron chi connectivity index (χ2n) is 9.76. The topological polar surface area (TPSA) is 0 Å². The summed E-state index contributed by atoms with van der Waals surface area (Å²) in [6, 6.07) is 0. The molecule has 0 saturated heterocycles. The van der Waals surface area contributed by atoms with E-state index in [1.807, 2.05) is 0 Å². The highest BCUT2D eigenvalue weighted by molar-refractivity contribution is 5.21. The highest BCUT2D eigenvalue weighted by atomic mass is 14.3. The summed E-state index contributed by atoms with van der Waals surface area (Å²) in [6.07, 6.45) is 30.5. The molecule has 27 heavy (non-hydrogen) atoms. The molecule has 0 spiro atoms. The fraction of sp³-hybridized carbons (Fsp3) is 0.852. The normalized spacial score (nSPS) is 27.7. The first-order valence-electron chi connectivity index (χ1n) is 12.6. The van der Waals surface area contributed by atoms with Gasteiger partial charge < -0.3 is 0 Å². The Bertz CT molecular complexity index is 429. The maximum Gasteiger partial charge on any atom is -0.0256 e. The zero-order valence-electron chi connectivity index (χ0n) is 18.9. The summed E-state index contributed by atoms with van der Waals surface area (Å²) in [6.45, 7) is 7.12. The Balaban J connectivity index is 1.70. The highest BCUT2D eigenvalue weighted by Crippen LogP contribution is 2.38. The average Bonchev–Trinajstić information content (AvgIpc) is 2.70. The summed E-state index contributed by atoms with van der Waals surface area (Å²) in [4.78, 5) is 0. The lowest BCUT2D eigenvalue weighted by Crippen LogP contribution is -2.21. The van der Waals surface area contributed by atoms with Crippen molar-refractivity contribution in [2.75, 3.05) is 0 Å². The van der Waals surface area contributed by atoms with Crippen molar-refractivity contribution in [1.29, 1.82) is 0 Å². The van der Waals surface area contributed by atoms with Crippen molar-refractivity contribution in [3.05, 3.63) is 23.8 Å². The zero-order chi connectivity index (χ0) is 19.3. The van der Waals surface area contributed by atoms with Gasteiger partial charge in [-0.2, -0.15) is 0 Å². The molecule has 0 heterocycles. The number of hydrogen-bond donors (Lipinski definition) is 0. The van der Waals surface area contributed by atoms with Gasteiger partial charge in [-0.3, -0.25) is 0 Å². The Kier molecular flexibility index (Phi) is 11.5. The van der Waals surface area contributed by atoms with Gasteiger partial charge in [0.1, 0.15) is 0 Å². The molecular formula is C27H48. The predicted molar refractivity (Wildman–Crippen MR) is 122 cm³/mol. The molecule has 0 nitrogen and oxygen atoms in total. The zero-order valence-corrected chi connectivity index (χ0v) is 18.9. The SMILES string of the molecule is CCCCCCCCC1CCCCC1CC(C)/C=C/C1=CCC(CC)CC1. The molecule has 0 heteroatoms. The summed E-state index contributed by atoms with van der Waals surface area (Å²) in [7, 11) is 0. The minimum Gasteiger partial charge on any atom is -0.0814 e. The molecule has 0 aromatic heterocycles. The molecule has 0 aromatic rings. The fourth-order valence-electron chi connectivity index (χ4n) is 5.44. The van der Waals surface area contributed by atoms with Crippen molar-refractivity contribution < 1.29 is 0 Å². The van der Waals surface area contributed by atoms with Gasteiger partial charge in [-0.25, -0.2) is 0 Å². The monoisotopic (exact) mass is 372 g/mol. The maximum atomic E-state index is 2.54. The maximum absolute atomic E-state index is 2.54. The highest BCUT2D eigenvalue weighted by Gasteiger charge is 2.25. The minimum atomic E-state index is 0.755. The average molecular weight is 373 g/mol. The lowest BCUT2D eigenvalue weighted by Gasteiger charge is -2.33. The first-order valence-corrected chi connectivity index (χ1v) is 12.6. The van der Waals surface area contributed by atoms with Gasteiger partial charge in [0.25, 0.3) is 0 Å². The van der Waals surface area contributed by atoms with Gasteiger partial charge in [0.2, 0.25) is 0 Å². The van der Waals surface area contributed by atoms with Crippen molar-refractivity contribution in [2.24, 2.45) is 23.7 Å². The molecule has 4 unspecified atom stereocenters. The lowest BCUT2D eigenvalue weighted by molar-refractivity contribution is 0.194. The summed E-state index contributed by atoms with van der Waals surface area (Å²) in [5.41, 5.74) is 1.61. The molecule has 0 aromatic carbocycles. The van der Waals surface area contributed by atoms with Gasteiger partial charge in [0.05, 0.1) is 0 Å². The van der Waals surface area contributed by atoms with Gasteiger partial charge in [-0.05, 0) is 49.4 Å². The van der Waals surface area contributed by atoms with E-state index in [-0.39, 0.29) is 0 Å². The fourth-order valence-corrected chi connectivity index (χ4v) is 5.44. The Morgan fingerprint density at radius 2 is 1.70 bits per heavy atom. The molecule has 1 saturated carbocycles. The smallest absolute Gasteiger partial charge is 0.0256 e. The summed E-state index contributed by atoms with van der Waals surface area (Å²) < 4.78 is 0. The first-order chi connectivity index (χ1) is 13.2. The van der Waals surface area contributed by atoms with E-state index in [2.05, 4.69) is 39.0 Å². The molecule has 2 aliphatic rings. The number of unbranched alkanes of at least 4 members (excludes halogenated alkanes) is 5. The summed E-state index contributed by atoms with van der Waals surface area (Å²) in [5.74, 6) is 3.73. The molecular weight excluding hydrogens is 324 g/mol. The van der Waals surface area contributed by atoms with E-state index in [4.69, 9.17) is 0 Å². The first kappa shape index (κ1) is 22.8. The third kappa shape index (κ3) is 9.01. The number of hydrogen-bond acceptors (Lipinski definition) is 0. The quantitative estimate of drug-likeness (QED) is 0.299. The number of rotatable bonds is 12. The molecule has 4 atom stereocenters. The molecule has 0 radical (unpaired) electrons. The molecule has 0 N–H and O–H groups in total. The van der Waals surface area contributed by atoms with Crippen LogP contribution in [0.2, 0.25) is 0 Å². The van der Waals surface area contributed by atoms with Crippen molar-refractivity contribution in [1.82, 2.24) is 0 Å². The Morgan fingerprint density at radius 1 is 0.963 bits per heavy atom. The minimum absolute atomic E-state index is 0.755. The largest absolute Gasteiger partial charge is 0.0814 e. The van der Waals surface area contributed by atoms with Crippen LogP contribution in [0.15, 0.2) is 23.8 Å². The Hall–Kier alpha value is -0.520. The van der Waals surface area contributed by atoms with Crippen LogP contribution in [0, 0.1) is 23.7 Å². The molecule has 0 aliphatic heterocycles. The Labute approximate surface area is 171 Å². The van der Waals surface area contributed by atoms with Crippen molar-refractivity contribution >= 4 is 0 Å². The Morgan fingerprint density at radius 3 is 2.41 bits per heavy atom. The van der Waals surface area contributed by atoms with Crippen molar-refractivity contribution in [3.63, 3.8) is 0 Å². The van der Waals surface area contributed by atoms with Crippen LogP contribution in [0.3, 0.4) is 0 Å². The summed E-state index contributed by atoms with van der Waals surface area (Å²) >= 11 is 0. The van der Waals surface area contributed by atoms with E-state index >= 15 is 0 Å². The van der Waals surface area contributed by atoms with Crippen LogP contribution in [0.1, 0.15) is 124 Å². The van der Waals surface area contributed by atoms with Crippen molar-refractivity contribution in [2.45, 2.75) is 124 Å². The predicted octanol–water partition coefficient (Wildman–Crippen LogP) is 9.26. The van der Waals surface area contributed by atoms with E-state index in [9.17, 15) is 0 Å². The molecule has 0 amide bonds. The van der Waals surface area contributed by atoms with Gasteiger partial charge in [-0.15, -0.1) is 0 Å². The van der Waals surface area contributed by atoms with Gasteiger partial charge in [-0.1, -0.05) is 122 Å². The number of allylic oxidation sites excluding steroid dienone is 4. The van der Waals surface area contributed by atoms with E-state index in [0.29, 0.717) is 0 Å². The van der Waals surface area contributed by atoms with Crippen LogP contribution in [-0.2, 0) is 0 Å². The second kappa shape index (κ2) is 13.6. The van der Waals surface area contributed by atoms with E-state index in [1.165, 1.54) is 103 Å². The van der Waals surface area contributed by atoms with Gasteiger partial charge in [0.15, 0.2) is 0 Å². The second-order valence-corrected chi connectivity index (χ2v) is 9.76. The van der Waals surface area contributed by atoms with E-state index < -0.39 is 0 Å². The molecule has 156 valence electrons. The molecule has 2 aliphatic carbocycles.